The average Bonchev–Trinajstić information content (AvgIpc) is 2.49. The number of rotatable bonds is 3. The first-order chi connectivity index (χ1) is 10.8. The third kappa shape index (κ3) is 4.78. The fraction of sp³-hybridized carbons (Fsp3) is 0.0714. The number of carbonyl (C=O) groups is 1. The molecule has 0 heterocycles. The van der Waals surface area contributed by atoms with Crippen LogP contribution in [-0.2, 0) is 6.18 Å². The maximum absolute atomic E-state index is 12.8. The van der Waals surface area contributed by atoms with Crippen LogP contribution in [0.2, 0.25) is 5.02 Å². The zero-order chi connectivity index (χ0) is 17.0. The van der Waals surface area contributed by atoms with Crippen molar-refractivity contribution >= 4 is 41.0 Å². The van der Waals surface area contributed by atoms with Gasteiger partial charge in [-0.05, 0) is 54.4 Å². The van der Waals surface area contributed by atoms with Crippen LogP contribution in [0.15, 0.2) is 47.4 Å². The lowest BCUT2D eigenvalue weighted by molar-refractivity contribution is -0.137. The Morgan fingerprint density at radius 1 is 1.04 bits per heavy atom. The van der Waals surface area contributed by atoms with Gasteiger partial charge < -0.3 is 10.6 Å². The van der Waals surface area contributed by atoms with E-state index in [1.54, 1.807) is 24.3 Å². The summed E-state index contributed by atoms with van der Waals surface area (Å²) in [4.78, 5) is 12.6. The lowest BCUT2D eigenvalue weighted by Crippen LogP contribution is -2.19. The summed E-state index contributed by atoms with van der Waals surface area (Å²) in [6.07, 6.45) is -4.60. The van der Waals surface area contributed by atoms with Crippen molar-refractivity contribution in [3.8, 4) is 0 Å². The van der Waals surface area contributed by atoms with Gasteiger partial charge in [-0.15, -0.1) is 0 Å². The first-order valence-corrected chi connectivity index (χ1v) is 7.47. The molecule has 2 aromatic carbocycles. The minimum Gasteiger partial charge on any atom is -0.308 e. The summed E-state index contributed by atoms with van der Waals surface area (Å²) in [6.45, 7) is 0. The number of halogens is 4. The lowest BCUT2D eigenvalue weighted by Gasteiger charge is -2.12. The molecule has 2 amide bonds. The van der Waals surface area contributed by atoms with Crippen LogP contribution in [-0.4, -0.2) is 6.03 Å². The minimum atomic E-state index is -4.60. The second-order valence-electron chi connectivity index (χ2n) is 4.41. The quantitative estimate of drug-likeness (QED) is 0.676. The van der Waals surface area contributed by atoms with Crippen LogP contribution < -0.4 is 15.8 Å². The molecule has 23 heavy (non-hydrogen) atoms. The van der Waals surface area contributed by atoms with Gasteiger partial charge in [0.1, 0.15) is 0 Å². The highest BCUT2D eigenvalue weighted by Gasteiger charge is 2.33. The number of amides is 2. The average molecular weight is 362 g/mol. The topological polar surface area (TPSA) is 67.1 Å². The predicted octanol–water partition coefficient (Wildman–Crippen LogP) is 4.97. The number of hydrogen-bond acceptors (Lipinski definition) is 3. The van der Waals surface area contributed by atoms with Crippen LogP contribution >= 0.6 is 23.5 Å². The summed E-state index contributed by atoms with van der Waals surface area (Å²) in [6, 6.07) is 9.10. The van der Waals surface area contributed by atoms with Crippen LogP contribution in [0, 0.1) is 0 Å². The fourth-order valence-electron chi connectivity index (χ4n) is 1.73. The molecule has 0 bridgehead atoms. The van der Waals surface area contributed by atoms with E-state index in [0.29, 0.717) is 5.69 Å². The van der Waals surface area contributed by atoms with E-state index in [9.17, 15) is 18.0 Å². The van der Waals surface area contributed by atoms with Gasteiger partial charge in [0.15, 0.2) is 0 Å². The number of carbonyl (C=O) groups excluding carboxylic acids is 1. The van der Waals surface area contributed by atoms with Crippen LogP contribution in [0.25, 0.3) is 0 Å². The molecule has 4 nitrogen and oxygen atoms in total. The summed E-state index contributed by atoms with van der Waals surface area (Å²) >= 11 is 6.57. The summed E-state index contributed by atoms with van der Waals surface area (Å²) in [5.41, 5.74) is -0.556. The standard InChI is InChI=1S/C14H11ClF3N3OS/c15-12-6-3-9(7-11(12)14(16,17)18)21-13(22)20-8-1-4-10(23-19)5-2-8/h1-7H,19H2,(H2,20,21,22). The van der Waals surface area contributed by atoms with Crippen molar-refractivity contribution in [1.29, 1.82) is 0 Å². The van der Waals surface area contributed by atoms with E-state index in [4.69, 9.17) is 16.7 Å². The van der Waals surface area contributed by atoms with Crippen molar-refractivity contribution in [3.63, 3.8) is 0 Å². The van der Waals surface area contributed by atoms with Gasteiger partial charge in [-0.25, -0.2) is 4.79 Å². The molecule has 4 N–H and O–H groups in total. The van der Waals surface area contributed by atoms with Crippen molar-refractivity contribution in [2.24, 2.45) is 5.14 Å². The Bertz CT molecular complexity index is 707. The van der Waals surface area contributed by atoms with Gasteiger partial charge in [0, 0.05) is 16.3 Å². The third-order valence-electron chi connectivity index (χ3n) is 2.78. The fourth-order valence-corrected chi connectivity index (χ4v) is 2.25. The molecule has 0 spiro atoms. The molecular formula is C14H11ClF3N3OS. The molecule has 2 rings (SSSR count). The highest BCUT2D eigenvalue weighted by molar-refractivity contribution is 7.97. The zero-order valence-electron chi connectivity index (χ0n) is 11.4. The first-order valence-electron chi connectivity index (χ1n) is 6.21. The zero-order valence-corrected chi connectivity index (χ0v) is 13.0. The smallest absolute Gasteiger partial charge is 0.308 e. The summed E-state index contributed by atoms with van der Waals surface area (Å²) in [5.74, 6) is 0. The largest absolute Gasteiger partial charge is 0.417 e. The van der Waals surface area contributed by atoms with Crippen molar-refractivity contribution < 1.29 is 18.0 Å². The number of alkyl halides is 3. The SMILES string of the molecule is NSc1ccc(NC(=O)Nc2ccc(Cl)c(C(F)(F)F)c2)cc1. The van der Waals surface area contributed by atoms with E-state index in [1.165, 1.54) is 6.07 Å². The molecule has 0 aliphatic heterocycles. The van der Waals surface area contributed by atoms with E-state index in [-0.39, 0.29) is 5.69 Å². The number of hydrogen-bond donors (Lipinski definition) is 3. The van der Waals surface area contributed by atoms with Gasteiger partial charge in [-0.3, -0.25) is 5.14 Å². The van der Waals surface area contributed by atoms with Crippen LogP contribution in [0.3, 0.4) is 0 Å². The third-order valence-corrected chi connectivity index (χ3v) is 3.65. The van der Waals surface area contributed by atoms with Crippen molar-refractivity contribution in [1.82, 2.24) is 0 Å². The van der Waals surface area contributed by atoms with Gasteiger partial charge in [0.2, 0.25) is 0 Å². The molecule has 0 saturated heterocycles. The van der Waals surface area contributed by atoms with Gasteiger partial charge in [-0.2, -0.15) is 13.2 Å². The molecule has 0 radical (unpaired) electrons. The second kappa shape index (κ2) is 7.12. The lowest BCUT2D eigenvalue weighted by atomic mass is 10.2. The number of anilines is 2. The summed E-state index contributed by atoms with van der Waals surface area (Å²) < 4.78 is 38.3. The summed E-state index contributed by atoms with van der Waals surface area (Å²) in [7, 11) is 0. The molecule has 9 heteroatoms. The first kappa shape index (κ1) is 17.5. The Morgan fingerprint density at radius 3 is 2.17 bits per heavy atom. The molecule has 0 fully saturated rings. The molecule has 0 unspecified atom stereocenters. The normalized spacial score (nSPS) is 11.2. The van der Waals surface area contributed by atoms with Crippen molar-refractivity contribution in [2.75, 3.05) is 10.6 Å². The Labute approximate surface area is 139 Å². The van der Waals surface area contributed by atoms with Gasteiger partial charge in [0.25, 0.3) is 0 Å². The van der Waals surface area contributed by atoms with E-state index in [0.717, 1.165) is 29.0 Å². The van der Waals surface area contributed by atoms with Gasteiger partial charge >= 0.3 is 12.2 Å². The molecule has 0 aliphatic carbocycles. The molecule has 0 aromatic heterocycles. The Kier molecular flexibility index (Phi) is 5.40. The highest BCUT2D eigenvalue weighted by Crippen LogP contribution is 2.36. The number of nitrogens with one attached hydrogen (secondary N) is 2. The van der Waals surface area contributed by atoms with Crippen LogP contribution in [0.4, 0.5) is 29.3 Å². The molecule has 2 aromatic rings. The molecule has 0 saturated carbocycles. The minimum absolute atomic E-state index is 0.0200. The second-order valence-corrected chi connectivity index (χ2v) is 5.53. The molecular weight excluding hydrogens is 351 g/mol. The Balaban J connectivity index is 2.08. The van der Waals surface area contributed by atoms with Crippen molar-refractivity contribution in [3.05, 3.63) is 53.1 Å². The molecule has 122 valence electrons. The number of benzene rings is 2. The van der Waals surface area contributed by atoms with Gasteiger partial charge in [-0.1, -0.05) is 11.6 Å². The number of nitrogens with two attached hydrogens (primary N) is 1. The maximum atomic E-state index is 12.8. The van der Waals surface area contributed by atoms with E-state index >= 15 is 0 Å². The molecule has 0 aliphatic rings. The number of urea groups is 1. The van der Waals surface area contributed by atoms with Crippen LogP contribution in [0.1, 0.15) is 5.56 Å². The maximum Gasteiger partial charge on any atom is 0.417 e. The Hall–Kier alpha value is -1.90. The van der Waals surface area contributed by atoms with E-state index in [1.807, 2.05) is 0 Å². The Morgan fingerprint density at radius 2 is 1.61 bits per heavy atom. The van der Waals surface area contributed by atoms with E-state index in [2.05, 4.69) is 10.6 Å². The van der Waals surface area contributed by atoms with Crippen LogP contribution in [0.5, 0.6) is 0 Å². The molecule has 0 atom stereocenters. The summed E-state index contributed by atoms with van der Waals surface area (Å²) in [5, 5.41) is 9.77. The monoisotopic (exact) mass is 361 g/mol. The highest BCUT2D eigenvalue weighted by atomic mass is 35.5. The van der Waals surface area contributed by atoms with Crippen molar-refractivity contribution in [2.45, 2.75) is 11.1 Å². The van der Waals surface area contributed by atoms with E-state index < -0.39 is 22.8 Å². The predicted molar refractivity (Wildman–Crippen MR) is 85.6 cm³/mol. The van der Waals surface area contributed by atoms with Gasteiger partial charge in [0.05, 0.1) is 10.6 Å².